The van der Waals surface area contributed by atoms with Gasteiger partial charge in [-0.15, -0.1) is 0 Å². The number of nitrogens with zero attached hydrogens (tertiary/aromatic N) is 2. The maximum atomic E-state index is 12.6. The van der Waals surface area contributed by atoms with Crippen molar-refractivity contribution >= 4 is 44.7 Å². The molecule has 140 valence electrons. The Labute approximate surface area is 155 Å². The summed E-state index contributed by atoms with van der Waals surface area (Å²) in [5, 5.41) is -0.531. The average molecular weight is 398 g/mol. The predicted octanol–water partition coefficient (Wildman–Crippen LogP) is 1.35. The lowest BCUT2D eigenvalue weighted by Crippen LogP contribution is -2.47. The van der Waals surface area contributed by atoms with Crippen LogP contribution in [0.2, 0.25) is 0 Å². The molecule has 0 radical (unpaired) electrons. The number of hydrogen-bond acceptors (Lipinski definition) is 7. The van der Waals surface area contributed by atoms with Crippen LogP contribution in [0.25, 0.3) is 6.08 Å². The topological polar surface area (TPSA) is 105 Å². The first-order valence-corrected chi connectivity index (χ1v) is 10.7. The number of carbonyl (C=O) groups is 3. The first-order chi connectivity index (χ1) is 12.3. The highest BCUT2D eigenvalue weighted by Gasteiger charge is 2.39. The van der Waals surface area contributed by atoms with E-state index in [-0.39, 0.29) is 16.4 Å². The largest absolute Gasteiger partial charge is 0.465 e. The maximum Gasteiger partial charge on any atom is 0.294 e. The lowest BCUT2D eigenvalue weighted by Gasteiger charge is -2.28. The summed E-state index contributed by atoms with van der Waals surface area (Å²) in [7, 11) is -3.14. The summed E-state index contributed by atoms with van der Waals surface area (Å²) >= 11 is 0.745. The fourth-order valence-corrected chi connectivity index (χ4v) is 5.57. The molecule has 2 aliphatic heterocycles. The van der Waals surface area contributed by atoms with Gasteiger partial charge in [0.25, 0.3) is 11.1 Å². The van der Waals surface area contributed by atoms with Crippen LogP contribution >= 0.6 is 11.8 Å². The Kier molecular flexibility index (Phi) is 5.24. The van der Waals surface area contributed by atoms with Gasteiger partial charge in [0.1, 0.15) is 12.3 Å². The zero-order chi connectivity index (χ0) is 18.9. The monoisotopic (exact) mass is 398 g/mol. The smallest absolute Gasteiger partial charge is 0.294 e. The first kappa shape index (κ1) is 18.7. The molecule has 8 nitrogen and oxygen atoms in total. The molecule has 0 aliphatic carbocycles. The molecule has 0 saturated carbocycles. The summed E-state index contributed by atoms with van der Waals surface area (Å²) in [4.78, 5) is 39.6. The quantitative estimate of drug-likeness (QED) is 0.690. The van der Waals surface area contributed by atoms with E-state index in [1.807, 2.05) is 0 Å². The second-order valence-corrected chi connectivity index (χ2v) is 9.24. The molecule has 0 aromatic carbocycles. The molecule has 0 unspecified atom stereocenters. The normalized spacial score (nSPS) is 23.8. The maximum absolute atomic E-state index is 12.6. The molecule has 2 saturated heterocycles. The van der Waals surface area contributed by atoms with Crippen molar-refractivity contribution in [1.29, 1.82) is 0 Å². The Hall–Kier alpha value is -2.07. The van der Waals surface area contributed by atoms with Gasteiger partial charge >= 0.3 is 0 Å². The Bertz CT molecular complexity index is 859. The van der Waals surface area contributed by atoms with Gasteiger partial charge in [0, 0.05) is 18.7 Å². The summed E-state index contributed by atoms with van der Waals surface area (Å²) in [6, 6.07) is 2.91. The molecule has 1 aromatic rings. The molecule has 3 rings (SSSR count). The fraction of sp³-hybridized carbons (Fsp3) is 0.438. The van der Waals surface area contributed by atoms with E-state index >= 15 is 0 Å². The minimum absolute atomic E-state index is 0.0505. The highest BCUT2D eigenvalue weighted by atomic mass is 32.2. The summed E-state index contributed by atoms with van der Waals surface area (Å²) in [5.41, 5.74) is 0. The van der Waals surface area contributed by atoms with Gasteiger partial charge in [-0.25, -0.2) is 8.42 Å². The Balaban J connectivity index is 1.70. The van der Waals surface area contributed by atoms with Gasteiger partial charge in [-0.3, -0.25) is 19.3 Å². The van der Waals surface area contributed by atoms with Crippen LogP contribution in [0.15, 0.2) is 27.7 Å². The molecule has 0 bridgehead atoms. The minimum Gasteiger partial charge on any atom is -0.465 e. The van der Waals surface area contributed by atoms with Crippen molar-refractivity contribution < 1.29 is 27.2 Å². The van der Waals surface area contributed by atoms with E-state index < -0.39 is 39.5 Å². The average Bonchev–Trinajstić information content (AvgIpc) is 3.26. The van der Waals surface area contributed by atoms with Crippen LogP contribution in [0, 0.1) is 0 Å². The third-order valence-corrected chi connectivity index (χ3v) is 6.95. The molecule has 0 N–H and O–H groups in total. The second kappa shape index (κ2) is 7.28. The molecule has 2 fully saturated rings. The van der Waals surface area contributed by atoms with Gasteiger partial charge in [-0.05, 0) is 37.2 Å². The molecular weight excluding hydrogens is 380 g/mol. The van der Waals surface area contributed by atoms with Crippen LogP contribution in [0.4, 0.5) is 4.79 Å². The van der Waals surface area contributed by atoms with Crippen molar-refractivity contribution in [2.24, 2.45) is 0 Å². The Morgan fingerprint density at radius 2 is 2.23 bits per heavy atom. The number of amides is 3. The second-order valence-electron chi connectivity index (χ2n) is 6.02. The number of likely N-dealkylation sites (N-methyl/N-ethyl adjacent to an activating group) is 1. The first-order valence-electron chi connectivity index (χ1n) is 8.09. The lowest BCUT2D eigenvalue weighted by molar-refractivity contribution is -0.137. The number of rotatable bonds is 5. The molecule has 3 heterocycles. The summed E-state index contributed by atoms with van der Waals surface area (Å²) < 4.78 is 28.4. The van der Waals surface area contributed by atoms with Crippen LogP contribution in [-0.2, 0) is 19.4 Å². The standard InChI is InChI=1S/C16H18N2O6S2/c1-2-17(11-5-7-26(22,23)10-11)14(19)9-18-15(20)13(25-16(18)21)8-12-4-3-6-24-12/h3-4,6,8,11H,2,5,7,9-10H2,1H3/b13-8-/t11-/m1/s1. The van der Waals surface area contributed by atoms with Crippen molar-refractivity contribution in [1.82, 2.24) is 9.80 Å². The molecule has 3 amide bonds. The van der Waals surface area contributed by atoms with Gasteiger partial charge in [0.2, 0.25) is 5.91 Å². The minimum atomic E-state index is -3.14. The van der Waals surface area contributed by atoms with Crippen LogP contribution in [0.3, 0.4) is 0 Å². The molecule has 2 aliphatic rings. The summed E-state index contributed by atoms with van der Waals surface area (Å²) in [6.45, 7) is 1.66. The van der Waals surface area contributed by atoms with Crippen molar-refractivity contribution in [3.63, 3.8) is 0 Å². The molecule has 1 aromatic heterocycles. The van der Waals surface area contributed by atoms with Crippen LogP contribution in [-0.4, -0.2) is 65.9 Å². The zero-order valence-electron chi connectivity index (χ0n) is 14.1. The number of imide groups is 1. The predicted molar refractivity (Wildman–Crippen MR) is 95.8 cm³/mol. The van der Waals surface area contributed by atoms with Crippen molar-refractivity contribution in [3.8, 4) is 0 Å². The molecule has 10 heteroatoms. The van der Waals surface area contributed by atoms with Crippen LogP contribution in [0.1, 0.15) is 19.1 Å². The highest BCUT2D eigenvalue weighted by Crippen LogP contribution is 2.32. The van der Waals surface area contributed by atoms with Crippen LogP contribution < -0.4 is 0 Å². The van der Waals surface area contributed by atoms with Gasteiger partial charge in [0.05, 0.1) is 22.7 Å². The lowest BCUT2D eigenvalue weighted by atomic mass is 10.2. The van der Waals surface area contributed by atoms with Crippen molar-refractivity contribution in [2.75, 3.05) is 24.6 Å². The van der Waals surface area contributed by atoms with Gasteiger partial charge in [0.15, 0.2) is 9.84 Å². The number of carbonyl (C=O) groups excluding carboxylic acids is 3. The number of hydrogen-bond donors (Lipinski definition) is 0. The van der Waals surface area contributed by atoms with Gasteiger partial charge in [-0.1, -0.05) is 0 Å². The van der Waals surface area contributed by atoms with Gasteiger partial charge < -0.3 is 9.32 Å². The number of thioether (sulfide) groups is 1. The summed E-state index contributed by atoms with van der Waals surface area (Å²) in [6.07, 6.45) is 3.28. The molecule has 0 spiro atoms. The third kappa shape index (κ3) is 3.85. The van der Waals surface area contributed by atoms with E-state index in [2.05, 4.69) is 0 Å². The number of furan rings is 1. The van der Waals surface area contributed by atoms with Crippen LogP contribution in [0.5, 0.6) is 0 Å². The van der Waals surface area contributed by atoms with E-state index in [0.29, 0.717) is 18.7 Å². The summed E-state index contributed by atoms with van der Waals surface area (Å²) in [5.74, 6) is -0.578. The van der Waals surface area contributed by atoms with E-state index in [0.717, 1.165) is 16.7 Å². The molecular formula is C16H18N2O6S2. The SMILES string of the molecule is CCN(C(=O)CN1C(=O)S/C(=C\c2ccco2)C1=O)[C@@H]1CCS(=O)(=O)C1. The molecule has 1 atom stereocenters. The Morgan fingerprint density at radius 3 is 2.81 bits per heavy atom. The van der Waals surface area contributed by atoms with Gasteiger partial charge in [-0.2, -0.15) is 0 Å². The highest BCUT2D eigenvalue weighted by molar-refractivity contribution is 8.18. The molecule has 26 heavy (non-hydrogen) atoms. The zero-order valence-corrected chi connectivity index (χ0v) is 15.7. The van der Waals surface area contributed by atoms with Crippen molar-refractivity contribution in [3.05, 3.63) is 29.1 Å². The Morgan fingerprint density at radius 1 is 1.46 bits per heavy atom. The van der Waals surface area contributed by atoms with E-state index in [1.165, 1.54) is 17.2 Å². The van der Waals surface area contributed by atoms with E-state index in [9.17, 15) is 22.8 Å². The number of sulfone groups is 1. The fourth-order valence-electron chi connectivity index (χ4n) is 3.02. The third-order valence-electron chi connectivity index (χ3n) is 4.29. The van der Waals surface area contributed by atoms with E-state index in [4.69, 9.17) is 4.42 Å². The van der Waals surface area contributed by atoms with E-state index in [1.54, 1.807) is 19.1 Å². The van der Waals surface area contributed by atoms with Crippen molar-refractivity contribution in [2.45, 2.75) is 19.4 Å².